The third-order valence-corrected chi connectivity index (χ3v) is 4.29. The van der Waals surface area contributed by atoms with E-state index in [9.17, 15) is 19.2 Å². The molecule has 0 aromatic heterocycles. The Kier molecular flexibility index (Phi) is 4.68. The molecular formula is C18H13ClFN3O2. The van der Waals surface area contributed by atoms with E-state index in [1.54, 1.807) is 24.3 Å². The van der Waals surface area contributed by atoms with Crippen LogP contribution in [0.2, 0.25) is 5.02 Å². The number of rotatable bonds is 3. The Morgan fingerprint density at radius 1 is 1.32 bits per heavy atom. The van der Waals surface area contributed by atoms with Gasteiger partial charge in [-0.15, -0.1) is 0 Å². The zero-order valence-corrected chi connectivity index (χ0v) is 13.8. The number of halogens is 2. The summed E-state index contributed by atoms with van der Waals surface area (Å²) in [6, 6.07) is 12.7. The molecule has 2 aromatic rings. The summed E-state index contributed by atoms with van der Waals surface area (Å²) in [6.45, 7) is 0.179. The molecular weight excluding hydrogens is 345 g/mol. The Hall–Kier alpha value is -2.91. The lowest BCUT2D eigenvalue weighted by Gasteiger charge is -2.18. The number of hydrogen-bond acceptors (Lipinski definition) is 3. The van der Waals surface area contributed by atoms with Crippen molar-refractivity contribution in [2.24, 2.45) is 5.92 Å². The maximum atomic E-state index is 13.2. The molecule has 0 bridgehead atoms. The molecule has 0 spiro atoms. The van der Waals surface area contributed by atoms with E-state index in [1.165, 1.54) is 17.0 Å². The number of para-hydroxylation sites is 1. The Morgan fingerprint density at radius 3 is 2.80 bits per heavy atom. The normalized spacial score (nSPS) is 16.6. The van der Waals surface area contributed by atoms with E-state index in [0.717, 1.165) is 6.07 Å². The highest BCUT2D eigenvalue weighted by Gasteiger charge is 2.36. The van der Waals surface area contributed by atoms with Crippen molar-refractivity contribution in [1.82, 2.24) is 0 Å². The van der Waals surface area contributed by atoms with Gasteiger partial charge in [0.25, 0.3) is 0 Å². The Bertz CT molecular complexity index is 894. The van der Waals surface area contributed by atoms with Gasteiger partial charge >= 0.3 is 0 Å². The molecule has 7 heteroatoms. The van der Waals surface area contributed by atoms with Crippen molar-refractivity contribution in [2.45, 2.75) is 6.42 Å². The molecule has 1 aliphatic rings. The molecule has 1 aliphatic heterocycles. The standard InChI is InChI=1S/C18H13ClFN3O2/c19-14-8-13(5-6-15(14)20)22-18(25)12-7-17(24)23(10-12)16-4-2-1-3-11(16)9-21/h1-6,8,12H,7,10H2,(H,22,25). The van der Waals surface area contributed by atoms with Crippen molar-refractivity contribution in [3.05, 3.63) is 58.9 Å². The highest BCUT2D eigenvalue weighted by atomic mass is 35.5. The van der Waals surface area contributed by atoms with Crippen molar-refractivity contribution in [2.75, 3.05) is 16.8 Å². The number of nitrogens with zero attached hydrogens (tertiary/aromatic N) is 2. The van der Waals surface area contributed by atoms with Crippen LogP contribution in [0.25, 0.3) is 0 Å². The summed E-state index contributed by atoms with van der Waals surface area (Å²) in [4.78, 5) is 26.1. The molecule has 0 aliphatic carbocycles. The zero-order chi connectivity index (χ0) is 18.0. The molecule has 126 valence electrons. The van der Waals surface area contributed by atoms with Gasteiger partial charge in [0.15, 0.2) is 0 Å². The van der Waals surface area contributed by atoms with Crippen molar-refractivity contribution >= 4 is 34.8 Å². The number of amides is 2. The van der Waals surface area contributed by atoms with Gasteiger partial charge in [-0.3, -0.25) is 9.59 Å². The van der Waals surface area contributed by atoms with Crippen LogP contribution >= 0.6 is 11.6 Å². The minimum atomic E-state index is -0.574. The molecule has 1 atom stereocenters. The van der Waals surface area contributed by atoms with Crippen LogP contribution in [0, 0.1) is 23.1 Å². The number of carbonyl (C=O) groups excluding carboxylic acids is 2. The smallest absolute Gasteiger partial charge is 0.229 e. The second-order valence-electron chi connectivity index (χ2n) is 5.65. The maximum Gasteiger partial charge on any atom is 0.229 e. The summed E-state index contributed by atoms with van der Waals surface area (Å²) in [5, 5.41) is 11.7. The number of nitriles is 1. The molecule has 1 saturated heterocycles. The Labute approximate surface area is 148 Å². The van der Waals surface area contributed by atoms with E-state index in [0.29, 0.717) is 16.9 Å². The van der Waals surface area contributed by atoms with E-state index in [2.05, 4.69) is 5.32 Å². The fourth-order valence-electron chi connectivity index (χ4n) is 2.74. The molecule has 25 heavy (non-hydrogen) atoms. The maximum absolute atomic E-state index is 13.2. The highest BCUT2D eigenvalue weighted by molar-refractivity contribution is 6.31. The van der Waals surface area contributed by atoms with E-state index >= 15 is 0 Å². The first-order valence-electron chi connectivity index (χ1n) is 7.55. The third kappa shape index (κ3) is 3.47. The van der Waals surface area contributed by atoms with E-state index in [4.69, 9.17) is 11.6 Å². The SMILES string of the molecule is N#Cc1ccccc1N1CC(C(=O)Nc2ccc(F)c(Cl)c2)CC1=O. The lowest BCUT2D eigenvalue weighted by Crippen LogP contribution is -2.28. The van der Waals surface area contributed by atoms with E-state index < -0.39 is 11.7 Å². The number of carbonyl (C=O) groups is 2. The topological polar surface area (TPSA) is 73.2 Å². The number of nitrogens with one attached hydrogen (secondary N) is 1. The molecule has 1 unspecified atom stereocenters. The fraction of sp³-hybridized carbons (Fsp3) is 0.167. The summed E-state index contributed by atoms with van der Waals surface area (Å²) in [7, 11) is 0. The van der Waals surface area contributed by atoms with Gasteiger partial charge in [-0.05, 0) is 30.3 Å². The van der Waals surface area contributed by atoms with Gasteiger partial charge in [0, 0.05) is 18.7 Å². The lowest BCUT2D eigenvalue weighted by atomic mass is 10.1. The average Bonchev–Trinajstić information content (AvgIpc) is 3.00. The van der Waals surface area contributed by atoms with Crippen molar-refractivity contribution in [3.8, 4) is 6.07 Å². The first-order chi connectivity index (χ1) is 12.0. The number of anilines is 2. The van der Waals surface area contributed by atoms with Gasteiger partial charge in [0.2, 0.25) is 11.8 Å². The van der Waals surface area contributed by atoms with Crippen molar-refractivity contribution in [1.29, 1.82) is 5.26 Å². The minimum Gasteiger partial charge on any atom is -0.326 e. The molecule has 2 aromatic carbocycles. The number of benzene rings is 2. The largest absolute Gasteiger partial charge is 0.326 e. The lowest BCUT2D eigenvalue weighted by molar-refractivity contribution is -0.122. The summed E-state index contributed by atoms with van der Waals surface area (Å²) in [5.74, 6) is -1.72. The van der Waals surface area contributed by atoms with Gasteiger partial charge < -0.3 is 10.2 Å². The summed E-state index contributed by atoms with van der Waals surface area (Å²) < 4.78 is 13.2. The van der Waals surface area contributed by atoms with Crippen LogP contribution in [-0.2, 0) is 9.59 Å². The summed E-state index contributed by atoms with van der Waals surface area (Å²) in [6.07, 6.45) is 0.0422. The summed E-state index contributed by atoms with van der Waals surface area (Å²) >= 11 is 5.70. The summed E-state index contributed by atoms with van der Waals surface area (Å²) in [5.41, 5.74) is 1.23. The van der Waals surface area contributed by atoms with Crippen LogP contribution in [0.15, 0.2) is 42.5 Å². The molecule has 3 rings (SSSR count). The first-order valence-corrected chi connectivity index (χ1v) is 7.93. The minimum absolute atomic E-state index is 0.0422. The van der Waals surface area contributed by atoms with Crippen LogP contribution in [-0.4, -0.2) is 18.4 Å². The molecule has 0 radical (unpaired) electrons. The predicted molar refractivity (Wildman–Crippen MR) is 91.7 cm³/mol. The molecule has 0 saturated carbocycles. The van der Waals surface area contributed by atoms with Crippen LogP contribution in [0.3, 0.4) is 0 Å². The van der Waals surface area contributed by atoms with Crippen LogP contribution < -0.4 is 10.2 Å². The highest BCUT2D eigenvalue weighted by Crippen LogP contribution is 2.29. The monoisotopic (exact) mass is 357 g/mol. The Morgan fingerprint density at radius 2 is 2.08 bits per heavy atom. The van der Waals surface area contributed by atoms with Crippen molar-refractivity contribution < 1.29 is 14.0 Å². The molecule has 2 amide bonds. The second kappa shape index (κ2) is 6.91. The average molecular weight is 358 g/mol. The van der Waals surface area contributed by atoms with Gasteiger partial charge in [-0.2, -0.15) is 5.26 Å². The number of hydrogen-bond donors (Lipinski definition) is 1. The molecule has 1 fully saturated rings. The van der Waals surface area contributed by atoms with Gasteiger partial charge in [-0.1, -0.05) is 23.7 Å². The molecule has 1 N–H and O–H groups in total. The quantitative estimate of drug-likeness (QED) is 0.915. The van der Waals surface area contributed by atoms with E-state index in [-0.39, 0.29) is 29.8 Å². The fourth-order valence-corrected chi connectivity index (χ4v) is 2.92. The van der Waals surface area contributed by atoms with Crippen LogP contribution in [0.4, 0.5) is 15.8 Å². The van der Waals surface area contributed by atoms with Gasteiger partial charge in [0.05, 0.1) is 22.2 Å². The second-order valence-corrected chi connectivity index (χ2v) is 6.06. The molecule has 5 nitrogen and oxygen atoms in total. The van der Waals surface area contributed by atoms with Crippen LogP contribution in [0.5, 0.6) is 0 Å². The zero-order valence-electron chi connectivity index (χ0n) is 13.0. The van der Waals surface area contributed by atoms with Crippen molar-refractivity contribution in [3.63, 3.8) is 0 Å². The van der Waals surface area contributed by atoms with Gasteiger partial charge in [-0.25, -0.2) is 4.39 Å². The first kappa shape index (κ1) is 16.9. The Balaban J connectivity index is 1.74. The molecule has 1 heterocycles. The van der Waals surface area contributed by atoms with Crippen LogP contribution in [0.1, 0.15) is 12.0 Å². The predicted octanol–water partition coefficient (Wildman–Crippen LogP) is 3.34. The third-order valence-electron chi connectivity index (χ3n) is 4.00. The van der Waals surface area contributed by atoms with Gasteiger partial charge in [0.1, 0.15) is 11.9 Å². The van der Waals surface area contributed by atoms with E-state index in [1.807, 2.05) is 6.07 Å².